The Kier molecular flexibility index (Phi) is 6.21. The molecule has 0 saturated heterocycles. The average Bonchev–Trinajstić information content (AvgIpc) is 2.12. The van der Waals surface area contributed by atoms with Crippen LogP contribution in [-0.4, -0.2) is 18.4 Å². The molecule has 0 atom stereocenters. The summed E-state index contributed by atoms with van der Waals surface area (Å²) in [5, 5.41) is 0. The number of Topliss-reactive ketones (excluding diaryl/α,β-unsaturated/α-hetero) is 1. The first-order chi connectivity index (χ1) is 6.90. The number of ketones is 1. The second kappa shape index (κ2) is 6.59. The van der Waals surface area contributed by atoms with Crippen molar-refractivity contribution in [3.63, 3.8) is 0 Å². The minimum Gasteiger partial charge on any atom is -0.466 e. The molecule has 3 nitrogen and oxygen atoms in total. The maximum atomic E-state index is 11.5. The fraction of sp³-hybridized carbons (Fsp3) is 0.833. The Hall–Kier alpha value is -0.860. The van der Waals surface area contributed by atoms with Gasteiger partial charge in [-0.3, -0.25) is 4.79 Å². The smallest absolute Gasteiger partial charge is 0.311 e. The van der Waals surface area contributed by atoms with Gasteiger partial charge < -0.3 is 9.53 Å². The average molecular weight is 214 g/mol. The van der Waals surface area contributed by atoms with E-state index in [1.807, 2.05) is 20.8 Å². The Balaban J connectivity index is 3.82. The Morgan fingerprint density at radius 3 is 2.27 bits per heavy atom. The third-order valence-electron chi connectivity index (χ3n) is 2.41. The highest BCUT2D eigenvalue weighted by Gasteiger charge is 2.28. The quantitative estimate of drug-likeness (QED) is 0.483. The maximum Gasteiger partial charge on any atom is 0.311 e. The summed E-state index contributed by atoms with van der Waals surface area (Å²) in [4.78, 5) is 22.2. The van der Waals surface area contributed by atoms with Crippen molar-refractivity contribution >= 4 is 11.8 Å². The molecule has 0 unspecified atom stereocenters. The highest BCUT2D eigenvalue weighted by Crippen LogP contribution is 2.25. The van der Waals surface area contributed by atoms with Gasteiger partial charge in [0.05, 0.1) is 12.0 Å². The molecule has 0 aromatic carbocycles. The zero-order chi connectivity index (χ0) is 11.9. The zero-order valence-electron chi connectivity index (χ0n) is 10.3. The van der Waals surface area contributed by atoms with E-state index in [0.717, 1.165) is 19.3 Å². The monoisotopic (exact) mass is 214 g/mol. The third kappa shape index (κ3) is 6.26. The van der Waals surface area contributed by atoms with Gasteiger partial charge >= 0.3 is 5.97 Å². The first kappa shape index (κ1) is 14.1. The van der Waals surface area contributed by atoms with Crippen LogP contribution in [0.25, 0.3) is 0 Å². The Morgan fingerprint density at radius 1 is 1.20 bits per heavy atom. The van der Waals surface area contributed by atoms with Crippen LogP contribution in [0.15, 0.2) is 0 Å². The first-order valence-corrected chi connectivity index (χ1v) is 5.57. The van der Waals surface area contributed by atoms with Crippen molar-refractivity contribution in [2.75, 3.05) is 6.61 Å². The van der Waals surface area contributed by atoms with Crippen molar-refractivity contribution in [3.05, 3.63) is 0 Å². The molecule has 0 rings (SSSR count). The summed E-state index contributed by atoms with van der Waals surface area (Å²) in [5.74, 6) is 0.0664. The van der Waals surface area contributed by atoms with Crippen LogP contribution < -0.4 is 0 Å². The van der Waals surface area contributed by atoms with Crippen LogP contribution in [0.3, 0.4) is 0 Å². The highest BCUT2D eigenvalue weighted by atomic mass is 16.5. The summed E-state index contributed by atoms with van der Waals surface area (Å²) in [7, 11) is 0. The van der Waals surface area contributed by atoms with Gasteiger partial charge in [-0.05, 0) is 40.5 Å². The molecule has 0 aliphatic heterocycles. The Labute approximate surface area is 92.2 Å². The molecule has 0 aromatic heterocycles. The molecular weight excluding hydrogens is 192 g/mol. The largest absolute Gasteiger partial charge is 0.466 e. The van der Waals surface area contributed by atoms with E-state index in [2.05, 4.69) is 0 Å². The second-order valence-corrected chi connectivity index (χ2v) is 4.51. The van der Waals surface area contributed by atoms with Crippen LogP contribution in [0.1, 0.15) is 53.4 Å². The number of esters is 1. The summed E-state index contributed by atoms with van der Waals surface area (Å²) < 4.78 is 4.98. The van der Waals surface area contributed by atoms with Crippen LogP contribution in [0, 0.1) is 5.41 Å². The van der Waals surface area contributed by atoms with Crippen molar-refractivity contribution in [3.8, 4) is 0 Å². The molecule has 0 heterocycles. The van der Waals surface area contributed by atoms with Gasteiger partial charge in [-0.1, -0.05) is 6.42 Å². The topological polar surface area (TPSA) is 43.4 Å². The lowest BCUT2D eigenvalue weighted by Gasteiger charge is -2.21. The standard InChI is InChI=1S/C12H22O3/c1-5-15-11(14)12(3,4)9-7-6-8-10(2)13/h5-9H2,1-4H3. The summed E-state index contributed by atoms with van der Waals surface area (Å²) >= 11 is 0. The highest BCUT2D eigenvalue weighted by molar-refractivity contribution is 5.76. The maximum absolute atomic E-state index is 11.5. The van der Waals surface area contributed by atoms with Gasteiger partial charge in [-0.2, -0.15) is 0 Å². The van der Waals surface area contributed by atoms with E-state index >= 15 is 0 Å². The Bertz CT molecular complexity index is 219. The van der Waals surface area contributed by atoms with Crippen LogP contribution >= 0.6 is 0 Å². The SMILES string of the molecule is CCOC(=O)C(C)(C)CCCCC(C)=O. The predicted molar refractivity (Wildman–Crippen MR) is 59.6 cm³/mol. The molecule has 0 spiro atoms. The van der Waals surface area contributed by atoms with Gasteiger partial charge in [0.2, 0.25) is 0 Å². The molecule has 0 bridgehead atoms. The molecular formula is C12H22O3. The molecule has 3 heteroatoms. The lowest BCUT2D eigenvalue weighted by molar-refractivity contribution is -0.153. The number of carbonyl (C=O) groups is 2. The van der Waals surface area contributed by atoms with E-state index in [1.165, 1.54) is 0 Å². The number of carbonyl (C=O) groups excluding carboxylic acids is 2. The molecule has 0 N–H and O–H groups in total. The summed E-state index contributed by atoms with van der Waals surface area (Å²) in [6.07, 6.45) is 3.14. The number of hydrogen-bond donors (Lipinski definition) is 0. The predicted octanol–water partition coefficient (Wildman–Crippen LogP) is 2.73. The zero-order valence-corrected chi connectivity index (χ0v) is 10.3. The van der Waals surface area contributed by atoms with Crippen molar-refractivity contribution in [2.45, 2.75) is 53.4 Å². The molecule has 0 aliphatic carbocycles. The van der Waals surface area contributed by atoms with Gasteiger partial charge in [0.25, 0.3) is 0 Å². The van der Waals surface area contributed by atoms with E-state index in [4.69, 9.17) is 4.74 Å². The van der Waals surface area contributed by atoms with Crippen LogP contribution in [0.4, 0.5) is 0 Å². The van der Waals surface area contributed by atoms with Crippen LogP contribution in [-0.2, 0) is 14.3 Å². The fourth-order valence-corrected chi connectivity index (χ4v) is 1.37. The van der Waals surface area contributed by atoms with E-state index in [0.29, 0.717) is 13.0 Å². The van der Waals surface area contributed by atoms with E-state index in [9.17, 15) is 9.59 Å². The van der Waals surface area contributed by atoms with Gasteiger partial charge in [-0.15, -0.1) is 0 Å². The second-order valence-electron chi connectivity index (χ2n) is 4.51. The summed E-state index contributed by atoms with van der Waals surface area (Å²) in [5.41, 5.74) is -0.424. The number of hydrogen-bond acceptors (Lipinski definition) is 3. The number of rotatable bonds is 7. The van der Waals surface area contributed by atoms with Crippen molar-refractivity contribution in [2.24, 2.45) is 5.41 Å². The number of ether oxygens (including phenoxy) is 1. The van der Waals surface area contributed by atoms with E-state index in [-0.39, 0.29) is 11.8 Å². The minimum atomic E-state index is -0.424. The molecule has 0 saturated carbocycles. The molecule has 0 aliphatic rings. The molecule has 0 radical (unpaired) electrons. The van der Waals surface area contributed by atoms with Gasteiger partial charge in [-0.25, -0.2) is 0 Å². The van der Waals surface area contributed by atoms with Crippen LogP contribution in [0.5, 0.6) is 0 Å². The van der Waals surface area contributed by atoms with Gasteiger partial charge in [0.15, 0.2) is 0 Å². The normalized spacial score (nSPS) is 11.2. The fourth-order valence-electron chi connectivity index (χ4n) is 1.37. The van der Waals surface area contributed by atoms with Crippen LogP contribution in [0.2, 0.25) is 0 Å². The molecule has 0 aromatic rings. The molecule has 0 amide bonds. The van der Waals surface area contributed by atoms with Crippen molar-refractivity contribution in [1.82, 2.24) is 0 Å². The lowest BCUT2D eigenvalue weighted by Crippen LogP contribution is -2.26. The van der Waals surface area contributed by atoms with Crippen molar-refractivity contribution in [1.29, 1.82) is 0 Å². The molecule has 15 heavy (non-hydrogen) atoms. The Morgan fingerprint density at radius 2 is 1.80 bits per heavy atom. The van der Waals surface area contributed by atoms with Gasteiger partial charge in [0.1, 0.15) is 5.78 Å². The first-order valence-electron chi connectivity index (χ1n) is 5.57. The van der Waals surface area contributed by atoms with E-state index in [1.54, 1.807) is 6.92 Å². The number of unbranched alkanes of at least 4 members (excludes halogenated alkanes) is 1. The third-order valence-corrected chi connectivity index (χ3v) is 2.41. The van der Waals surface area contributed by atoms with Gasteiger partial charge in [0, 0.05) is 6.42 Å². The lowest BCUT2D eigenvalue weighted by atomic mass is 9.87. The van der Waals surface area contributed by atoms with E-state index < -0.39 is 5.41 Å². The molecule has 0 fully saturated rings. The molecule has 88 valence electrons. The summed E-state index contributed by atoms with van der Waals surface area (Å²) in [6.45, 7) is 7.60. The van der Waals surface area contributed by atoms with Crippen molar-refractivity contribution < 1.29 is 14.3 Å². The minimum absolute atomic E-state index is 0.146. The summed E-state index contributed by atoms with van der Waals surface area (Å²) in [6, 6.07) is 0.